The summed E-state index contributed by atoms with van der Waals surface area (Å²) in [4.78, 5) is 17.1. The molecule has 8 heteroatoms. The lowest BCUT2D eigenvalue weighted by atomic mass is 10.00. The van der Waals surface area contributed by atoms with Crippen LogP contribution in [0.25, 0.3) is 11.0 Å². The summed E-state index contributed by atoms with van der Waals surface area (Å²) in [5.74, 6) is 1.05. The average molecular weight is 383 g/mol. The minimum Gasteiger partial charge on any atom is -0.497 e. The van der Waals surface area contributed by atoms with E-state index in [-0.39, 0.29) is 5.91 Å². The van der Waals surface area contributed by atoms with Crippen LogP contribution in [-0.4, -0.2) is 34.9 Å². The number of aryl methyl sites for hydroxylation is 3. The monoisotopic (exact) mass is 383 g/mol. The number of anilines is 2. The first-order valence-corrected chi connectivity index (χ1v) is 8.95. The number of hydrogen-bond donors (Lipinski definition) is 2. The highest BCUT2D eigenvalue weighted by Gasteiger charge is 2.18. The summed E-state index contributed by atoms with van der Waals surface area (Å²) >= 11 is 0. The van der Waals surface area contributed by atoms with E-state index >= 15 is 0 Å². The van der Waals surface area contributed by atoms with Crippen LogP contribution >= 0.6 is 0 Å². The third kappa shape index (κ3) is 3.58. The van der Waals surface area contributed by atoms with Crippen molar-refractivity contribution in [1.29, 1.82) is 0 Å². The second kappa shape index (κ2) is 7.75. The molecule has 2 aromatic heterocycles. The van der Waals surface area contributed by atoms with Gasteiger partial charge in [-0.1, -0.05) is 0 Å². The van der Waals surface area contributed by atoms with Crippen molar-refractivity contribution in [3.63, 3.8) is 0 Å². The van der Waals surface area contributed by atoms with Crippen LogP contribution in [0.4, 0.5) is 11.4 Å². The molecule has 0 saturated heterocycles. The van der Waals surface area contributed by atoms with Crippen molar-refractivity contribution in [3.8, 4) is 11.6 Å². The lowest BCUT2D eigenvalue weighted by Gasteiger charge is -2.12. The van der Waals surface area contributed by atoms with Gasteiger partial charge in [-0.15, -0.1) is 5.10 Å². The molecule has 3 rings (SSSR count). The third-order valence-electron chi connectivity index (χ3n) is 4.85. The highest BCUT2D eigenvalue weighted by Crippen LogP contribution is 2.30. The largest absolute Gasteiger partial charge is 0.497 e. The minimum absolute atomic E-state index is 0.128. The van der Waals surface area contributed by atoms with Crippen molar-refractivity contribution < 1.29 is 14.3 Å². The highest BCUT2D eigenvalue weighted by atomic mass is 16.5. The molecule has 0 aliphatic carbocycles. The van der Waals surface area contributed by atoms with Crippen LogP contribution in [0.2, 0.25) is 0 Å². The number of nitrogen functional groups attached to an aromatic ring is 1. The molecule has 1 aromatic carbocycles. The number of ether oxygens (including phenoxy) is 2. The third-order valence-corrected chi connectivity index (χ3v) is 4.85. The maximum Gasteiger partial charge on any atom is 0.242 e. The summed E-state index contributed by atoms with van der Waals surface area (Å²) in [7, 11) is 4.99. The smallest absolute Gasteiger partial charge is 0.242 e. The number of methoxy groups -OCH3 is 2. The molecule has 0 spiro atoms. The van der Waals surface area contributed by atoms with Crippen LogP contribution in [0.15, 0.2) is 18.2 Å². The first kappa shape index (κ1) is 19.5. The normalized spacial score (nSPS) is 10.9. The maximum absolute atomic E-state index is 12.5. The van der Waals surface area contributed by atoms with Crippen LogP contribution in [0.3, 0.4) is 0 Å². The quantitative estimate of drug-likeness (QED) is 0.634. The van der Waals surface area contributed by atoms with Crippen molar-refractivity contribution in [1.82, 2.24) is 14.8 Å². The number of carbonyl (C=O) groups is 1. The van der Waals surface area contributed by atoms with Gasteiger partial charge in [0.1, 0.15) is 5.75 Å². The Balaban J connectivity index is 1.81. The maximum atomic E-state index is 12.5. The Kier molecular flexibility index (Phi) is 5.39. The second-order valence-electron chi connectivity index (χ2n) is 6.63. The SMILES string of the molecule is COc1ccc(N)c(NC(=O)CCc2c(C)nc3c(c(OC)nn3C)c2C)c1. The molecule has 0 fully saturated rings. The van der Waals surface area contributed by atoms with Crippen molar-refractivity contribution in [2.75, 3.05) is 25.3 Å². The van der Waals surface area contributed by atoms with E-state index in [9.17, 15) is 4.79 Å². The summed E-state index contributed by atoms with van der Waals surface area (Å²) in [5.41, 5.74) is 10.7. The molecule has 3 N–H and O–H groups in total. The van der Waals surface area contributed by atoms with Crippen molar-refractivity contribution in [2.45, 2.75) is 26.7 Å². The predicted molar refractivity (Wildman–Crippen MR) is 109 cm³/mol. The van der Waals surface area contributed by atoms with E-state index in [1.54, 1.807) is 37.1 Å². The Morgan fingerprint density at radius 1 is 1.25 bits per heavy atom. The molecule has 0 aliphatic rings. The molecule has 8 nitrogen and oxygen atoms in total. The van der Waals surface area contributed by atoms with Gasteiger partial charge in [-0.3, -0.25) is 4.79 Å². The highest BCUT2D eigenvalue weighted by molar-refractivity contribution is 5.94. The number of fused-ring (bicyclic) bond motifs is 1. The molecule has 0 bridgehead atoms. The van der Waals surface area contributed by atoms with Crippen LogP contribution in [-0.2, 0) is 18.3 Å². The van der Waals surface area contributed by atoms with E-state index in [2.05, 4.69) is 15.4 Å². The van der Waals surface area contributed by atoms with Gasteiger partial charge in [0.15, 0.2) is 5.65 Å². The molecule has 2 heterocycles. The van der Waals surface area contributed by atoms with E-state index in [1.165, 1.54) is 0 Å². The fourth-order valence-corrected chi connectivity index (χ4v) is 3.33. The standard InChI is InChI=1S/C20H25N5O3/c1-11-14(12(2)22-19-18(11)20(28-5)24-25(19)3)7-9-17(26)23-16-10-13(27-4)6-8-15(16)21/h6,8,10H,7,9,21H2,1-5H3,(H,23,26). The number of aromatic nitrogens is 3. The zero-order valence-electron chi connectivity index (χ0n) is 16.8. The molecule has 0 aliphatic heterocycles. The average Bonchev–Trinajstić information content (AvgIpc) is 2.99. The first-order valence-electron chi connectivity index (χ1n) is 8.95. The van der Waals surface area contributed by atoms with E-state index in [0.717, 1.165) is 27.9 Å². The fourth-order valence-electron chi connectivity index (χ4n) is 3.33. The van der Waals surface area contributed by atoms with Crippen LogP contribution < -0.4 is 20.5 Å². The van der Waals surface area contributed by atoms with Crippen molar-refractivity contribution in [2.24, 2.45) is 7.05 Å². The van der Waals surface area contributed by atoms with E-state index < -0.39 is 0 Å². The zero-order chi connectivity index (χ0) is 20.4. The molecule has 0 atom stereocenters. The van der Waals surface area contributed by atoms with E-state index in [0.29, 0.717) is 35.8 Å². The molecular formula is C20H25N5O3. The van der Waals surface area contributed by atoms with E-state index in [4.69, 9.17) is 15.2 Å². The topological polar surface area (TPSA) is 104 Å². The molecule has 28 heavy (non-hydrogen) atoms. The Hall–Kier alpha value is -3.29. The van der Waals surface area contributed by atoms with Crippen molar-refractivity contribution >= 4 is 28.3 Å². The number of nitrogens with one attached hydrogen (secondary N) is 1. The summed E-state index contributed by atoms with van der Waals surface area (Å²) < 4.78 is 12.3. The van der Waals surface area contributed by atoms with Gasteiger partial charge in [0.05, 0.1) is 31.0 Å². The van der Waals surface area contributed by atoms with Gasteiger partial charge >= 0.3 is 0 Å². The van der Waals surface area contributed by atoms with Gasteiger partial charge in [-0.05, 0) is 43.5 Å². The Labute approximate surface area is 163 Å². The number of amides is 1. The summed E-state index contributed by atoms with van der Waals surface area (Å²) in [5, 5.41) is 8.09. The molecule has 0 radical (unpaired) electrons. The molecule has 1 amide bonds. The molecule has 0 saturated carbocycles. The zero-order valence-corrected chi connectivity index (χ0v) is 16.8. The Morgan fingerprint density at radius 2 is 2.00 bits per heavy atom. The molecule has 3 aromatic rings. The van der Waals surface area contributed by atoms with Gasteiger partial charge in [0, 0.05) is 25.2 Å². The van der Waals surface area contributed by atoms with Gasteiger partial charge in [0.25, 0.3) is 0 Å². The molecular weight excluding hydrogens is 358 g/mol. The lowest BCUT2D eigenvalue weighted by molar-refractivity contribution is -0.116. The van der Waals surface area contributed by atoms with Crippen molar-refractivity contribution in [3.05, 3.63) is 35.0 Å². The number of nitrogens with two attached hydrogens (primary N) is 1. The number of hydrogen-bond acceptors (Lipinski definition) is 6. The lowest BCUT2D eigenvalue weighted by Crippen LogP contribution is -2.14. The van der Waals surface area contributed by atoms with Gasteiger partial charge in [0.2, 0.25) is 11.8 Å². The number of nitrogens with zero attached hydrogens (tertiary/aromatic N) is 3. The minimum atomic E-state index is -0.128. The Morgan fingerprint density at radius 3 is 2.68 bits per heavy atom. The van der Waals surface area contributed by atoms with Gasteiger partial charge in [-0.25, -0.2) is 9.67 Å². The van der Waals surface area contributed by atoms with Crippen LogP contribution in [0.1, 0.15) is 23.2 Å². The Bertz CT molecular complexity index is 1040. The number of benzene rings is 1. The van der Waals surface area contributed by atoms with Gasteiger partial charge < -0.3 is 20.5 Å². The molecule has 148 valence electrons. The van der Waals surface area contributed by atoms with Crippen LogP contribution in [0, 0.1) is 13.8 Å². The summed E-state index contributed by atoms with van der Waals surface area (Å²) in [6, 6.07) is 5.16. The molecule has 0 unspecified atom stereocenters. The number of pyridine rings is 1. The van der Waals surface area contributed by atoms with Gasteiger partial charge in [-0.2, -0.15) is 0 Å². The number of carbonyl (C=O) groups excluding carboxylic acids is 1. The fraction of sp³-hybridized carbons (Fsp3) is 0.350. The second-order valence-corrected chi connectivity index (χ2v) is 6.63. The van der Waals surface area contributed by atoms with Crippen LogP contribution in [0.5, 0.6) is 11.6 Å². The number of rotatable bonds is 6. The predicted octanol–water partition coefficient (Wildman–Crippen LogP) is 2.76. The van der Waals surface area contributed by atoms with E-state index in [1.807, 2.05) is 20.9 Å². The first-order chi connectivity index (χ1) is 13.3. The summed E-state index contributed by atoms with van der Waals surface area (Å²) in [6.45, 7) is 3.95. The summed E-state index contributed by atoms with van der Waals surface area (Å²) in [6.07, 6.45) is 0.850.